The number of alkyl halides is 1. The highest BCUT2D eigenvalue weighted by molar-refractivity contribution is 7.09. The highest BCUT2D eigenvalue weighted by atomic mass is 35.5. The molecule has 5 nitrogen and oxygen atoms in total. The smallest absolute Gasteiger partial charge is 0.226 e. The van der Waals surface area contributed by atoms with Crippen LogP contribution < -0.4 is 5.32 Å². The Morgan fingerprint density at radius 3 is 2.90 bits per heavy atom. The number of aromatic nitrogens is 3. The average molecular weight is 327 g/mol. The van der Waals surface area contributed by atoms with Gasteiger partial charge in [0.1, 0.15) is 5.01 Å². The number of rotatable bonds is 7. The van der Waals surface area contributed by atoms with E-state index in [2.05, 4.69) is 21.5 Å². The third-order valence-electron chi connectivity index (χ3n) is 3.02. The maximum absolute atomic E-state index is 11.8. The van der Waals surface area contributed by atoms with E-state index in [9.17, 15) is 4.79 Å². The van der Waals surface area contributed by atoms with E-state index >= 15 is 0 Å². The van der Waals surface area contributed by atoms with Gasteiger partial charge in [0.15, 0.2) is 0 Å². The van der Waals surface area contributed by atoms with Crippen molar-refractivity contribution in [3.63, 3.8) is 0 Å². The number of nitrogens with zero attached hydrogens (tertiary/aromatic N) is 3. The molecule has 0 fully saturated rings. The molecule has 0 spiro atoms. The van der Waals surface area contributed by atoms with Gasteiger partial charge in [-0.3, -0.25) is 9.48 Å². The molecule has 0 radical (unpaired) electrons. The summed E-state index contributed by atoms with van der Waals surface area (Å²) in [5.74, 6) is 0.389. The lowest BCUT2D eigenvalue weighted by Gasteiger charge is -2.06. The first kappa shape index (κ1) is 16.0. The topological polar surface area (TPSA) is 59.8 Å². The third-order valence-corrected chi connectivity index (χ3v) is 4.19. The maximum Gasteiger partial charge on any atom is 0.226 e. The van der Waals surface area contributed by atoms with E-state index in [0.29, 0.717) is 18.8 Å². The number of carbonyl (C=O) groups is 1. The molecule has 2 rings (SSSR count). The minimum absolute atomic E-state index is 0.00107. The molecule has 21 heavy (non-hydrogen) atoms. The van der Waals surface area contributed by atoms with Gasteiger partial charge in [0, 0.05) is 24.2 Å². The first-order valence-corrected chi connectivity index (χ1v) is 8.27. The molecule has 0 aliphatic heterocycles. The van der Waals surface area contributed by atoms with E-state index < -0.39 is 0 Å². The number of halogens is 1. The Morgan fingerprint density at radius 2 is 2.29 bits per heavy atom. The standard InChI is InChI=1S/C14H19ClN4OS/c1-10-6-11(2)19(18-10)5-3-4-16-13(20)7-14-17-12(8-15)9-21-14/h6,9H,3-5,7-8H2,1-2H3,(H,16,20). The lowest BCUT2D eigenvalue weighted by Crippen LogP contribution is -2.27. The second-order valence-electron chi connectivity index (χ2n) is 4.90. The number of thiazole rings is 1. The summed E-state index contributed by atoms with van der Waals surface area (Å²) < 4.78 is 1.97. The summed E-state index contributed by atoms with van der Waals surface area (Å²) in [4.78, 5) is 16.1. The van der Waals surface area contributed by atoms with Crippen LogP contribution in [0.4, 0.5) is 0 Å². The molecule has 114 valence electrons. The van der Waals surface area contributed by atoms with Crippen LogP contribution in [-0.2, 0) is 23.6 Å². The lowest BCUT2D eigenvalue weighted by molar-refractivity contribution is -0.120. The largest absolute Gasteiger partial charge is 0.356 e. The van der Waals surface area contributed by atoms with Crippen molar-refractivity contribution < 1.29 is 4.79 Å². The summed E-state index contributed by atoms with van der Waals surface area (Å²) in [7, 11) is 0. The van der Waals surface area contributed by atoms with Crippen LogP contribution in [0.3, 0.4) is 0 Å². The van der Waals surface area contributed by atoms with Crippen molar-refractivity contribution in [3.05, 3.63) is 33.5 Å². The number of aryl methyl sites for hydroxylation is 3. The molecule has 0 atom stereocenters. The zero-order chi connectivity index (χ0) is 15.2. The van der Waals surface area contributed by atoms with E-state index in [1.807, 2.05) is 23.9 Å². The molecular formula is C14H19ClN4OS. The highest BCUT2D eigenvalue weighted by Gasteiger charge is 2.07. The minimum atomic E-state index is -0.00107. The molecule has 1 N–H and O–H groups in total. The van der Waals surface area contributed by atoms with Gasteiger partial charge in [-0.25, -0.2) is 4.98 Å². The quantitative estimate of drug-likeness (QED) is 0.628. The molecule has 2 aromatic rings. The normalized spacial score (nSPS) is 10.8. The monoisotopic (exact) mass is 326 g/mol. The predicted octanol–water partition coefficient (Wildman–Crippen LogP) is 2.44. The number of hydrogen-bond acceptors (Lipinski definition) is 4. The lowest BCUT2D eigenvalue weighted by atomic mass is 10.3. The molecule has 0 bridgehead atoms. The van der Waals surface area contributed by atoms with Gasteiger partial charge in [0.05, 0.1) is 23.7 Å². The maximum atomic E-state index is 11.8. The molecule has 0 saturated carbocycles. The molecule has 1 amide bonds. The summed E-state index contributed by atoms with van der Waals surface area (Å²) in [6.45, 7) is 5.47. The Kier molecular flexibility index (Phi) is 5.76. The van der Waals surface area contributed by atoms with E-state index in [-0.39, 0.29) is 5.91 Å². The van der Waals surface area contributed by atoms with E-state index in [0.717, 1.165) is 35.1 Å². The van der Waals surface area contributed by atoms with E-state index in [1.54, 1.807) is 0 Å². The molecule has 0 aliphatic rings. The summed E-state index contributed by atoms with van der Waals surface area (Å²) >= 11 is 7.16. The molecule has 2 aromatic heterocycles. The van der Waals surface area contributed by atoms with Crippen molar-refractivity contribution in [2.45, 2.75) is 39.1 Å². The van der Waals surface area contributed by atoms with Crippen LogP contribution in [0.25, 0.3) is 0 Å². The van der Waals surface area contributed by atoms with Crippen molar-refractivity contribution in [2.24, 2.45) is 0 Å². The van der Waals surface area contributed by atoms with Crippen LogP contribution in [0.1, 0.15) is 28.5 Å². The fraction of sp³-hybridized carbons (Fsp3) is 0.500. The predicted molar refractivity (Wildman–Crippen MR) is 84.7 cm³/mol. The molecule has 2 heterocycles. The van der Waals surface area contributed by atoms with Crippen molar-refractivity contribution in [1.29, 1.82) is 0 Å². The van der Waals surface area contributed by atoms with Crippen molar-refractivity contribution >= 4 is 28.8 Å². The van der Waals surface area contributed by atoms with Crippen LogP contribution in [0.2, 0.25) is 0 Å². The van der Waals surface area contributed by atoms with Crippen LogP contribution in [0.15, 0.2) is 11.4 Å². The van der Waals surface area contributed by atoms with E-state index in [1.165, 1.54) is 11.3 Å². The zero-order valence-corrected chi connectivity index (χ0v) is 13.8. The Labute approximate surface area is 133 Å². The molecule has 0 aliphatic carbocycles. The first-order valence-electron chi connectivity index (χ1n) is 6.85. The van der Waals surface area contributed by atoms with E-state index in [4.69, 9.17) is 11.6 Å². The Morgan fingerprint density at radius 1 is 1.48 bits per heavy atom. The Balaban J connectivity index is 1.68. The minimum Gasteiger partial charge on any atom is -0.356 e. The van der Waals surface area contributed by atoms with Crippen molar-refractivity contribution in [1.82, 2.24) is 20.1 Å². The zero-order valence-electron chi connectivity index (χ0n) is 12.2. The number of hydrogen-bond donors (Lipinski definition) is 1. The summed E-state index contributed by atoms with van der Waals surface area (Å²) in [6, 6.07) is 2.05. The third kappa shape index (κ3) is 4.82. The molecular weight excluding hydrogens is 308 g/mol. The van der Waals surface area contributed by atoms with Crippen LogP contribution in [-0.4, -0.2) is 27.2 Å². The average Bonchev–Trinajstić information content (AvgIpc) is 3.01. The molecule has 7 heteroatoms. The van der Waals surface area contributed by atoms with Crippen LogP contribution in [0.5, 0.6) is 0 Å². The molecule has 0 saturated heterocycles. The summed E-state index contributed by atoms with van der Waals surface area (Å²) in [6.07, 6.45) is 1.18. The fourth-order valence-electron chi connectivity index (χ4n) is 2.05. The molecule has 0 unspecified atom stereocenters. The van der Waals surface area contributed by atoms with Crippen LogP contribution in [0, 0.1) is 13.8 Å². The number of amides is 1. The second-order valence-corrected chi connectivity index (χ2v) is 6.11. The van der Waals surface area contributed by atoms with Gasteiger partial charge in [0.25, 0.3) is 0 Å². The number of carbonyl (C=O) groups excluding carboxylic acids is 1. The summed E-state index contributed by atoms with van der Waals surface area (Å²) in [5.41, 5.74) is 3.00. The Hall–Kier alpha value is -1.40. The molecule has 0 aromatic carbocycles. The van der Waals surface area contributed by atoms with Gasteiger partial charge in [-0.1, -0.05) is 0 Å². The SMILES string of the molecule is Cc1cc(C)n(CCCNC(=O)Cc2nc(CCl)cs2)n1. The van der Waals surface area contributed by atoms with Gasteiger partial charge < -0.3 is 5.32 Å². The van der Waals surface area contributed by atoms with Crippen LogP contribution >= 0.6 is 22.9 Å². The number of nitrogens with one attached hydrogen (secondary N) is 1. The van der Waals surface area contributed by atoms with Gasteiger partial charge in [-0.05, 0) is 26.3 Å². The second kappa shape index (κ2) is 7.56. The highest BCUT2D eigenvalue weighted by Crippen LogP contribution is 2.12. The van der Waals surface area contributed by atoms with Gasteiger partial charge in [-0.2, -0.15) is 5.10 Å². The summed E-state index contributed by atoms with van der Waals surface area (Å²) in [5, 5.41) is 9.99. The van der Waals surface area contributed by atoms with Gasteiger partial charge in [0.2, 0.25) is 5.91 Å². The van der Waals surface area contributed by atoms with Gasteiger partial charge in [-0.15, -0.1) is 22.9 Å². The van der Waals surface area contributed by atoms with Crippen molar-refractivity contribution in [2.75, 3.05) is 6.54 Å². The van der Waals surface area contributed by atoms with Gasteiger partial charge >= 0.3 is 0 Å². The Bertz CT molecular complexity index is 608. The fourth-order valence-corrected chi connectivity index (χ4v) is 3.07. The van der Waals surface area contributed by atoms with Crippen molar-refractivity contribution in [3.8, 4) is 0 Å². The first-order chi connectivity index (χ1) is 10.1.